The number of methoxy groups -OCH3 is 1. The predicted octanol–water partition coefficient (Wildman–Crippen LogP) is 4.32. The zero-order valence-corrected chi connectivity index (χ0v) is 16.5. The maximum Gasteiger partial charge on any atom is 0.255 e. The highest BCUT2D eigenvalue weighted by molar-refractivity contribution is 6.32. The van der Waals surface area contributed by atoms with Gasteiger partial charge in [-0.05, 0) is 31.5 Å². The van der Waals surface area contributed by atoms with Crippen LogP contribution >= 0.6 is 11.6 Å². The summed E-state index contributed by atoms with van der Waals surface area (Å²) in [5.74, 6) is 0.986. The van der Waals surface area contributed by atoms with E-state index in [0.717, 1.165) is 6.42 Å². The number of ketones is 1. The number of Topliss-reactive ketones (excluding diaryl/α,β-unsaturated/α-hetero) is 1. The van der Waals surface area contributed by atoms with E-state index in [1.807, 2.05) is 6.92 Å². The Balaban J connectivity index is 1.91. The van der Waals surface area contributed by atoms with Crippen LogP contribution in [0.3, 0.4) is 0 Å². The van der Waals surface area contributed by atoms with E-state index in [-0.39, 0.29) is 23.2 Å². The Hall–Kier alpha value is -2.93. The number of halogens is 1. The summed E-state index contributed by atoms with van der Waals surface area (Å²) < 4.78 is 21.5. The van der Waals surface area contributed by atoms with Crippen LogP contribution in [0.25, 0.3) is 0 Å². The minimum absolute atomic E-state index is 0.0656. The molecule has 0 saturated heterocycles. The molecule has 8 heteroatoms. The number of hydrogen-bond donors (Lipinski definition) is 1. The molecule has 1 heterocycles. The molecule has 28 heavy (non-hydrogen) atoms. The van der Waals surface area contributed by atoms with E-state index in [9.17, 15) is 9.59 Å². The molecule has 7 nitrogen and oxygen atoms in total. The van der Waals surface area contributed by atoms with Crippen LogP contribution < -0.4 is 24.3 Å². The molecule has 0 aliphatic carbocycles. The van der Waals surface area contributed by atoms with Gasteiger partial charge < -0.3 is 24.3 Å². The first kappa shape index (κ1) is 19.8. The SMILES string of the molecule is CCCOc1c(Cl)cc(C(=O)Nc2cc3c(cc2C(C)=O)OCO3)cc1OC. The van der Waals surface area contributed by atoms with Gasteiger partial charge in [-0.15, -0.1) is 0 Å². The average Bonchev–Trinajstić information content (AvgIpc) is 3.13. The molecule has 0 atom stereocenters. The van der Waals surface area contributed by atoms with Crippen molar-refractivity contribution in [3.05, 3.63) is 40.4 Å². The van der Waals surface area contributed by atoms with Crippen molar-refractivity contribution in [1.82, 2.24) is 0 Å². The standard InChI is InChI=1S/C20H20ClNO6/c1-4-5-26-19-14(21)6-12(7-18(19)25-3)20(24)22-15-9-17-16(27-10-28-17)8-13(15)11(2)23/h6-9H,4-5,10H2,1-3H3,(H,22,24). The maximum atomic E-state index is 12.8. The van der Waals surface area contributed by atoms with Gasteiger partial charge in [0.15, 0.2) is 28.8 Å². The van der Waals surface area contributed by atoms with Crippen LogP contribution in [0, 0.1) is 0 Å². The van der Waals surface area contributed by atoms with Crippen molar-refractivity contribution < 1.29 is 28.5 Å². The summed E-state index contributed by atoms with van der Waals surface area (Å²) in [7, 11) is 1.47. The van der Waals surface area contributed by atoms with Gasteiger partial charge in [-0.25, -0.2) is 0 Å². The molecule has 1 amide bonds. The molecular weight excluding hydrogens is 386 g/mol. The third-order valence-corrected chi connectivity index (χ3v) is 4.36. The summed E-state index contributed by atoms with van der Waals surface area (Å²) in [6.45, 7) is 3.92. The van der Waals surface area contributed by atoms with Gasteiger partial charge in [0.2, 0.25) is 6.79 Å². The number of fused-ring (bicyclic) bond motifs is 1. The fourth-order valence-corrected chi connectivity index (χ4v) is 2.99. The molecule has 0 fully saturated rings. The van der Waals surface area contributed by atoms with E-state index >= 15 is 0 Å². The third kappa shape index (κ3) is 3.99. The van der Waals surface area contributed by atoms with Crippen molar-refractivity contribution in [2.75, 3.05) is 25.8 Å². The van der Waals surface area contributed by atoms with Crippen LogP contribution in [0.15, 0.2) is 24.3 Å². The monoisotopic (exact) mass is 405 g/mol. The van der Waals surface area contributed by atoms with E-state index in [4.69, 9.17) is 30.5 Å². The Bertz CT molecular complexity index is 927. The summed E-state index contributed by atoms with van der Waals surface area (Å²) in [4.78, 5) is 24.8. The Kier molecular flexibility index (Phi) is 5.94. The summed E-state index contributed by atoms with van der Waals surface area (Å²) in [6.07, 6.45) is 0.805. The van der Waals surface area contributed by atoms with E-state index in [1.165, 1.54) is 26.2 Å². The number of rotatable bonds is 7. The molecule has 0 aromatic heterocycles. The Morgan fingerprint density at radius 1 is 1.18 bits per heavy atom. The van der Waals surface area contributed by atoms with Gasteiger partial charge in [0.1, 0.15) is 0 Å². The van der Waals surface area contributed by atoms with Crippen molar-refractivity contribution in [3.8, 4) is 23.0 Å². The van der Waals surface area contributed by atoms with Crippen molar-refractivity contribution in [2.24, 2.45) is 0 Å². The number of ether oxygens (including phenoxy) is 4. The van der Waals surface area contributed by atoms with Gasteiger partial charge in [-0.3, -0.25) is 9.59 Å². The molecule has 3 rings (SSSR count). The largest absolute Gasteiger partial charge is 0.493 e. The molecule has 0 saturated carbocycles. The van der Waals surface area contributed by atoms with E-state index in [1.54, 1.807) is 12.1 Å². The molecule has 0 unspecified atom stereocenters. The van der Waals surface area contributed by atoms with Gasteiger partial charge in [-0.1, -0.05) is 18.5 Å². The first-order chi connectivity index (χ1) is 13.4. The van der Waals surface area contributed by atoms with Crippen molar-refractivity contribution in [3.63, 3.8) is 0 Å². The predicted molar refractivity (Wildman–Crippen MR) is 104 cm³/mol. The average molecular weight is 406 g/mol. The zero-order valence-electron chi connectivity index (χ0n) is 15.8. The molecule has 1 N–H and O–H groups in total. The van der Waals surface area contributed by atoms with Crippen molar-refractivity contribution >= 4 is 29.0 Å². The smallest absolute Gasteiger partial charge is 0.255 e. The Labute approximate surface area is 167 Å². The highest BCUT2D eigenvalue weighted by Gasteiger charge is 2.22. The number of benzene rings is 2. The van der Waals surface area contributed by atoms with Gasteiger partial charge in [0, 0.05) is 17.2 Å². The molecule has 0 bridgehead atoms. The number of anilines is 1. The molecule has 2 aromatic carbocycles. The molecule has 1 aliphatic heterocycles. The normalized spacial score (nSPS) is 11.9. The number of amides is 1. The summed E-state index contributed by atoms with van der Waals surface area (Å²) in [5, 5.41) is 2.99. The second-order valence-electron chi connectivity index (χ2n) is 6.10. The zero-order chi connectivity index (χ0) is 20.3. The van der Waals surface area contributed by atoms with Crippen molar-refractivity contribution in [1.29, 1.82) is 0 Å². The van der Waals surface area contributed by atoms with E-state index in [2.05, 4.69) is 5.32 Å². The minimum atomic E-state index is -0.455. The fraction of sp³-hybridized carbons (Fsp3) is 0.300. The van der Waals surface area contributed by atoms with Gasteiger partial charge >= 0.3 is 0 Å². The lowest BCUT2D eigenvalue weighted by Crippen LogP contribution is -2.15. The van der Waals surface area contributed by atoms with Crippen molar-refractivity contribution in [2.45, 2.75) is 20.3 Å². The van der Waals surface area contributed by atoms with E-state index in [0.29, 0.717) is 40.9 Å². The second kappa shape index (κ2) is 8.39. The highest BCUT2D eigenvalue weighted by Crippen LogP contribution is 2.39. The van der Waals surface area contributed by atoms with Gasteiger partial charge in [0.25, 0.3) is 5.91 Å². The lowest BCUT2D eigenvalue weighted by atomic mass is 10.1. The number of carbonyl (C=O) groups excluding carboxylic acids is 2. The minimum Gasteiger partial charge on any atom is -0.493 e. The summed E-state index contributed by atoms with van der Waals surface area (Å²) in [6, 6.07) is 6.14. The Morgan fingerprint density at radius 2 is 1.89 bits per heavy atom. The quantitative estimate of drug-likeness (QED) is 0.690. The molecule has 0 radical (unpaired) electrons. The topological polar surface area (TPSA) is 83.1 Å². The van der Waals surface area contributed by atoms with Crippen LogP contribution in [-0.2, 0) is 0 Å². The molecular formula is C20H20ClNO6. The lowest BCUT2D eigenvalue weighted by molar-refractivity contribution is 0.101. The summed E-state index contributed by atoms with van der Waals surface area (Å²) in [5.41, 5.74) is 0.902. The number of hydrogen-bond acceptors (Lipinski definition) is 6. The van der Waals surface area contributed by atoms with Crippen LogP contribution in [-0.4, -0.2) is 32.2 Å². The summed E-state index contributed by atoms with van der Waals surface area (Å²) >= 11 is 6.28. The highest BCUT2D eigenvalue weighted by atomic mass is 35.5. The lowest BCUT2D eigenvalue weighted by Gasteiger charge is -2.15. The van der Waals surface area contributed by atoms with Crippen LogP contribution in [0.4, 0.5) is 5.69 Å². The number of nitrogens with one attached hydrogen (secondary N) is 1. The van der Waals surface area contributed by atoms with Gasteiger partial charge in [-0.2, -0.15) is 0 Å². The molecule has 0 spiro atoms. The second-order valence-corrected chi connectivity index (χ2v) is 6.51. The first-order valence-corrected chi connectivity index (χ1v) is 9.08. The molecule has 1 aliphatic rings. The number of carbonyl (C=O) groups is 2. The molecule has 148 valence electrons. The van der Waals surface area contributed by atoms with Gasteiger partial charge in [0.05, 0.1) is 24.4 Å². The fourth-order valence-electron chi connectivity index (χ4n) is 2.73. The Morgan fingerprint density at radius 3 is 2.54 bits per heavy atom. The third-order valence-electron chi connectivity index (χ3n) is 4.08. The van der Waals surface area contributed by atoms with E-state index < -0.39 is 5.91 Å². The van der Waals surface area contributed by atoms with Crippen LogP contribution in [0.2, 0.25) is 5.02 Å². The maximum absolute atomic E-state index is 12.8. The van der Waals surface area contributed by atoms with Crippen LogP contribution in [0.1, 0.15) is 41.0 Å². The first-order valence-electron chi connectivity index (χ1n) is 8.70. The molecule has 2 aromatic rings. The van der Waals surface area contributed by atoms with Crippen LogP contribution in [0.5, 0.6) is 23.0 Å².